The van der Waals surface area contributed by atoms with E-state index in [-0.39, 0.29) is 19.6 Å². The molecule has 0 radical (unpaired) electrons. The summed E-state index contributed by atoms with van der Waals surface area (Å²) in [5, 5.41) is 8.86. The van der Waals surface area contributed by atoms with Gasteiger partial charge in [-0.1, -0.05) is 19.8 Å². The van der Waals surface area contributed by atoms with Crippen LogP contribution in [0.1, 0.15) is 26.2 Å². The van der Waals surface area contributed by atoms with E-state index >= 15 is 0 Å². The molecule has 0 aromatic carbocycles. The van der Waals surface area contributed by atoms with Crippen LogP contribution in [-0.2, 0) is 19.7 Å². The predicted molar refractivity (Wildman–Crippen MR) is 62.9 cm³/mol. The van der Waals surface area contributed by atoms with Crippen LogP contribution in [0.15, 0.2) is 0 Å². The minimum Gasteiger partial charge on any atom is -0.480 e. The molecule has 17 heavy (non-hydrogen) atoms. The van der Waals surface area contributed by atoms with Crippen molar-refractivity contribution in [1.82, 2.24) is 9.44 Å². The second-order valence-electron chi connectivity index (χ2n) is 3.54. The quantitative estimate of drug-likeness (QED) is 0.472. The molecule has 0 aliphatic rings. The molecule has 102 valence electrons. The van der Waals surface area contributed by atoms with Crippen LogP contribution >= 0.6 is 0 Å². The highest BCUT2D eigenvalue weighted by Crippen LogP contribution is 2.01. The molecule has 0 saturated heterocycles. The molecular formula is C9H20N2O5S. The number of carboxylic acids is 1. The Labute approximate surface area is 102 Å². The summed E-state index contributed by atoms with van der Waals surface area (Å²) in [4.78, 5) is 10.8. The van der Waals surface area contributed by atoms with Gasteiger partial charge in [-0.15, -0.1) is 0 Å². The van der Waals surface area contributed by atoms with E-state index < -0.39 is 22.2 Å². The van der Waals surface area contributed by atoms with Gasteiger partial charge in [0, 0.05) is 13.7 Å². The van der Waals surface area contributed by atoms with Gasteiger partial charge in [0.2, 0.25) is 0 Å². The Morgan fingerprint density at radius 2 is 2.12 bits per heavy atom. The summed E-state index contributed by atoms with van der Waals surface area (Å²) in [5.74, 6) is -1.17. The van der Waals surface area contributed by atoms with Gasteiger partial charge in [0.05, 0.1) is 6.61 Å². The van der Waals surface area contributed by atoms with E-state index in [2.05, 4.69) is 14.2 Å². The van der Waals surface area contributed by atoms with E-state index in [0.29, 0.717) is 6.42 Å². The smallest absolute Gasteiger partial charge is 0.321 e. The molecular weight excluding hydrogens is 248 g/mol. The lowest BCUT2D eigenvalue weighted by Crippen LogP contribution is -2.47. The third-order valence-corrected chi connectivity index (χ3v) is 3.22. The number of methoxy groups -OCH3 is 1. The third-order valence-electron chi connectivity index (χ3n) is 2.04. The first-order valence-corrected chi connectivity index (χ1v) is 6.90. The summed E-state index contributed by atoms with van der Waals surface area (Å²) < 4.78 is 31.9. The van der Waals surface area contributed by atoms with Crippen LogP contribution in [0, 0.1) is 0 Å². The second-order valence-corrected chi connectivity index (χ2v) is 5.07. The van der Waals surface area contributed by atoms with E-state index in [1.807, 2.05) is 6.92 Å². The molecule has 1 atom stereocenters. The van der Waals surface area contributed by atoms with Gasteiger partial charge >= 0.3 is 5.97 Å². The molecule has 0 spiro atoms. The summed E-state index contributed by atoms with van der Waals surface area (Å²) in [6.45, 7) is 2.24. The maximum Gasteiger partial charge on any atom is 0.321 e. The van der Waals surface area contributed by atoms with Gasteiger partial charge in [-0.2, -0.15) is 17.9 Å². The van der Waals surface area contributed by atoms with Crippen LogP contribution in [-0.4, -0.2) is 45.8 Å². The zero-order valence-corrected chi connectivity index (χ0v) is 10.9. The Morgan fingerprint density at radius 1 is 1.47 bits per heavy atom. The van der Waals surface area contributed by atoms with Crippen molar-refractivity contribution >= 4 is 16.2 Å². The lowest BCUT2D eigenvalue weighted by atomic mass is 10.1. The van der Waals surface area contributed by atoms with E-state index in [4.69, 9.17) is 5.11 Å². The van der Waals surface area contributed by atoms with Crippen LogP contribution in [0.25, 0.3) is 0 Å². The normalized spacial score (nSPS) is 13.5. The fraction of sp³-hybridized carbons (Fsp3) is 0.889. The van der Waals surface area contributed by atoms with Crippen LogP contribution in [0.5, 0.6) is 0 Å². The molecule has 0 aliphatic heterocycles. The summed E-state index contributed by atoms with van der Waals surface area (Å²) in [6, 6.07) is -1.09. The van der Waals surface area contributed by atoms with Crippen molar-refractivity contribution in [2.24, 2.45) is 0 Å². The van der Waals surface area contributed by atoms with Crippen molar-refractivity contribution in [2.75, 3.05) is 20.3 Å². The third kappa shape index (κ3) is 8.08. The molecule has 7 nitrogen and oxygen atoms in total. The summed E-state index contributed by atoms with van der Waals surface area (Å²) in [6.07, 6.45) is 1.73. The van der Waals surface area contributed by atoms with Crippen molar-refractivity contribution in [1.29, 1.82) is 0 Å². The molecule has 1 unspecified atom stereocenters. The van der Waals surface area contributed by atoms with Gasteiger partial charge in [0.15, 0.2) is 0 Å². The highest BCUT2D eigenvalue weighted by molar-refractivity contribution is 7.87. The maximum atomic E-state index is 11.4. The van der Waals surface area contributed by atoms with Crippen LogP contribution in [0.4, 0.5) is 0 Å². The molecule has 0 aromatic rings. The van der Waals surface area contributed by atoms with Crippen molar-refractivity contribution in [3.05, 3.63) is 0 Å². The van der Waals surface area contributed by atoms with Gasteiger partial charge in [-0.25, -0.2) is 0 Å². The molecule has 8 heteroatoms. The summed E-state index contributed by atoms with van der Waals surface area (Å²) in [5.41, 5.74) is 0. The number of unbranched alkanes of at least 4 members (excludes halogenated alkanes) is 1. The standard InChI is InChI=1S/C9H20N2O5S/c1-3-4-5-8(9(12)13)11-17(14,15)10-6-7-16-2/h8,10-11H,3-7H2,1-2H3,(H,12,13). The zero-order chi connectivity index (χ0) is 13.3. The fourth-order valence-corrected chi connectivity index (χ4v) is 2.18. The van der Waals surface area contributed by atoms with Crippen molar-refractivity contribution in [3.63, 3.8) is 0 Å². The Hall–Kier alpha value is -0.700. The Bertz CT molecular complexity index is 317. The Kier molecular flexibility index (Phi) is 8.05. The molecule has 0 saturated carbocycles. The molecule has 3 N–H and O–H groups in total. The molecule has 0 rings (SSSR count). The van der Waals surface area contributed by atoms with Gasteiger partial charge in [-0.3, -0.25) is 4.79 Å². The number of ether oxygens (including phenoxy) is 1. The number of hydrogen-bond donors (Lipinski definition) is 3. The topological polar surface area (TPSA) is 105 Å². The van der Waals surface area contributed by atoms with E-state index in [9.17, 15) is 13.2 Å². The van der Waals surface area contributed by atoms with E-state index in [1.54, 1.807) is 0 Å². The number of carbonyl (C=O) groups is 1. The van der Waals surface area contributed by atoms with Gasteiger partial charge in [0.25, 0.3) is 10.2 Å². The lowest BCUT2D eigenvalue weighted by molar-refractivity contribution is -0.139. The van der Waals surface area contributed by atoms with Crippen LogP contribution in [0.2, 0.25) is 0 Å². The Balaban J connectivity index is 4.27. The average Bonchev–Trinajstić information content (AvgIpc) is 2.24. The van der Waals surface area contributed by atoms with Gasteiger partial charge in [-0.05, 0) is 6.42 Å². The van der Waals surface area contributed by atoms with Crippen molar-refractivity contribution < 1.29 is 23.1 Å². The minimum absolute atomic E-state index is 0.103. The molecule has 0 fully saturated rings. The van der Waals surface area contributed by atoms with E-state index in [1.165, 1.54) is 7.11 Å². The van der Waals surface area contributed by atoms with Crippen molar-refractivity contribution in [2.45, 2.75) is 32.2 Å². The van der Waals surface area contributed by atoms with Crippen molar-refractivity contribution in [3.8, 4) is 0 Å². The van der Waals surface area contributed by atoms with Gasteiger partial charge in [0.1, 0.15) is 6.04 Å². The summed E-state index contributed by atoms with van der Waals surface area (Å²) >= 11 is 0. The first-order chi connectivity index (χ1) is 7.93. The molecule has 0 heterocycles. The zero-order valence-electron chi connectivity index (χ0n) is 10.1. The highest BCUT2D eigenvalue weighted by Gasteiger charge is 2.22. The van der Waals surface area contributed by atoms with E-state index in [0.717, 1.165) is 6.42 Å². The predicted octanol–water partition coefficient (Wildman–Crippen LogP) is -0.300. The maximum absolute atomic E-state index is 11.4. The monoisotopic (exact) mass is 268 g/mol. The SMILES string of the molecule is CCCCC(NS(=O)(=O)NCCOC)C(=O)O. The average molecular weight is 268 g/mol. The van der Waals surface area contributed by atoms with Crippen LogP contribution < -0.4 is 9.44 Å². The minimum atomic E-state index is -3.79. The molecule has 0 bridgehead atoms. The van der Waals surface area contributed by atoms with Crippen LogP contribution in [0.3, 0.4) is 0 Å². The number of carboxylic acid groups (broad SMARTS) is 1. The summed E-state index contributed by atoms with van der Waals surface area (Å²) in [7, 11) is -2.34. The number of hydrogen-bond acceptors (Lipinski definition) is 4. The highest BCUT2D eigenvalue weighted by atomic mass is 32.2. The largest absolute Gasteiger partial charge is 0.480 e. The van der Waals surface area contributed by atoms with Gasteiger partial charge < -0.3 is 9.84 Å². The molecule has 0 amide bonds. The lowest BCUT2D eigenvalue weighted by Gasteiger charge is -2.14. The number of aliphatic carboxylic acids is 1. The molecule has 0 aliphatic carbocycles. The second kappa shape index (κ2) is 8.40. The number of nitrogens with one attached hydrogen (secondary N) is 2. The number of rotatable bonds is 10. The first-order valence-electron chi connectivity index (χ1n) is 5.41. The Morgan fingerprint density at radius 3 is 2.59 bits per heavy atom. The first kappa shape index (κ1) is 16.3. The fourth-order valence-electron chi connectivity index (χ4n) is 1.15. The molecule has 0 aromatic heterocycles.